The van der Waals surface area contributed by atoms with Crippen LogP contribution in [0.3, 0.4) is 0 Å². The van der Waals surface area contributed by atoms with Gasteiger partial charge in [0.1, 0.15) is 5.75 Å². The van der Waals surface area contributed by atoms with E-state index < -0.39 is 0 Å². The van der Waals surface area contributed by atoms with E-state index in [0.29, 0.717) is 23.2 Å². The molecule has 0 aromatic heterocycles. The predicted molar refractivity (Wildman–Crippen MR) is 58.9 cm³/mol. The van der Waals surface area contributed by atoms with Crippen LogP contribution >= 0.6 is 0 Å². The molecule has 4 heteroatoms. The van der Waals surface area contributed by atoms with E-state index in [1.807, 2.05) is 0 Å². The normalized spacial score (nSPS) is 14.3. The number of carbonyl (C=O) groups is 2. The lowest BCUT2D eigenvalue weighted by molar-refractivity contribution is 0.0957. The van der Waals surface area contributed by atoms with Crippen LogP contribution in [0.25, 0.3) is 0 Å². The van der Waals surface area contributed by atoms with Crippen LogP contribution in [-0.4, -0.2) is 25.3 Å². The molecule has 1 N–H and O–H groups in total. The number of ether oxygens (including phenoxy) is 1. The lowest BCUT2D eigenvalue weighted by atomic mass is 10.1. The first-order valence-electron chi connectivity index (χ1n) is 5.22. The topological polar surface area (TPSA) is 55.4 Å². The van der Waals surface area contributed by atoms with Crippen molar-refractivity contribution >= 4 is 12.2 Å². The Labute approximate surface area is 93.6 Å². The Morgan fingerprint density at radius 1 is 1.50 bits per heavy atom. The van der Waals surface area contributed by atoms with Gasteiger partial charge in [-0.2, -0.15) is 0 Å². The lowest BCUT2D eigenvalue weighted by Gasteiger charge is -2.07. The monoisotopic (exact) mass is 219 g/mol. The SMILES string of the molecule is CNC(=O)c1ccc(OC2CC2)cc1C=O. The van der Waals surface area contributed by atoms with Crippen LogP contribution < -0.4 is 10.1 Å². The van der Waals surface area contributed by atoms with Gasteiger partial charge in [-0.15, -0.1) is 0 Å². The molecule has 0 heterocycles. The standard InChI is InChI=1S/C12H13NO3/c1-13-12(15)11-5-4-10(6-8(11)7-14)16-9-2-3-9/h4-7,9H,2-3H2,1H3,(H,13,15). The first kappa shape index (κ1) is 10.7. The van der Waals surface area contributed by atoms with Gasteiger partial charge in [0.25, 0.3) is 5.91 Å². The van der Waals surface area contributed by atoms with Gasteiger partial charge >= 0.3 is 0 Å². The smallest absolute Gasteiger partial charge is 0.251 e. The number of carbonyl (C=O) groups excluding carboxylic acids is 2. The third-order valence-electron chi connectivity index (χ3n) is 2.45. The number of rotatable bonds is 4. The summed E-state index contributed by atoms with van der Waals surface area (Å²) < 4.78 is 5.55. The Kier molecular flexibility index (Phi) is 2.90. The maximum Gasteiger partial charge on any atom is 0.251 e. The largest absolute Gasteiger partial charge is 0.490 e. The van der Waals surface area contributed by atoms with Gasteiger partial charge in [0.2, 0.25) is 0 Å². The fourth-order valence-electron chi connectivity index (χ4n) is 1.43. The Bertz CT molecular complexity index is 424. The summed E-state index contributed by atoms with van der Waals surface area (Å²) in [5.41, 5.74) is 0.734. The van der Waals surface area contributed by atoms with Crippen LogP contribution in [-0.2, 0) is 0 Å². The van der Waals surface area contributed by atoms with E-state index >= 15 is 0 Å². The second-order valence-corrected chi connectivity index (χ2v) is 3.76. The molecule has 0 saturated heterocycles. The van der Waals surface area contributed by atoms with Crippen molar-refractivity contribution in [3.8, 4) is 5.75 Å². The fraction of sp³-hybridized carbons (Fsp3) is 0.333. The molecule has 0 radical (unpaired) electrons. The Hall–Kier alpha value is -1.84. The summed E-state index contributed by atoms with van der Waals surface area (Å²) in [5, 5.41) is 2.49. The van der Waals surface area contributed by atoms with Crippen molar-refractivity contribution in [2.24, 2.45) is 0 Å². The summed E-state index contributed by atoms with van der Waals surface area (Å²) in [4.78, 5) is 22.3. The van der Waals surface area contributed by atoms with E-state index in [9.17, 15) is 9.59 Å². The molecule has 4 nitrogen and oxygen atoms in total. The van der Waals surface area contributed by atoms with Gasteiger partial charge in [0, 0.05) is 12.6 Å². The van der Waals surface area contributed by atoms with Crippen molar-refractivity contribution in [2.45, 2.75) is 18.9 Å². The van der Waals surface area contributed by atoms with Gasteiger partial charge in [0.05, 0.1) is 11.7 Å². The van der Waals surface area contributed by atoms with E-state index in [4.69, 9.17) is 4.74 Å². The van der Waals surface area contributed by atoms with Gasteiger partial charge in [0.15, 0.2) is 6.29 Å². The van der Waals surface area contributed by atoms with Crippen molar-refractivity contribution in [2.75, 3.05) is 7.05 Å². The number of aldehydes is 1. The van der Waals surface area contributed by atoms with Crippen LogP contribution in [0.2, 0.25) is 0 Å². The molecule has 0 spiro atoms. The third-order valence-corrected chi connectivity index (χ3v) is 2.45. The summed E-state index contributed by atoms with van der Waals surface area (Å²) in [7, 11) is 1.53. The van der Waals surface area contributed by atoms with E-state index in [2.05, 4.69) is 5.32 Å². The Morgan fingerprint density at radius 2 is 2.25 bits per heavy atom. The average Bonchev–Trinajstić information content (AvgIpc) is 3.11. The molecule has 0 bridgehead atoms. The molecule has 0 aliphatic heterocycles. The summed E-state index contributed by atoms with van der Waals surface area (Å²) in [6.45, 7) is 0. The molecule has 0 atom stereocenters. The molecule has 2 rings (SSSR count). The van der Waals surface area contributed by atoms with Gasteiger partial charge in [-0.3, -0.25) is 9.59 Å². The third kappa shape index (κ3) is 2.21. The van der Waals surface area contributed by atoms with Crippen LogP contribution in [0.15, 0.2) is 18.2 Å². The first-order valence-corrected chi connectivity index (χ1v) is 5.22. The van der Waals surface area contributed by atoms with Crippen LogP contribution in [0, 0.1) is 0 Å². The van der Waals surface area contributed by atoms with Gasteiger partial charge < -0.3 is 10.1 Å². The molecule has 84 valence electrons. The average molecular weight is 219 g/mol. The molecule has 1 amide bonds. The Morgan fingerprint density at radius 3 is 2.81 bits per heavy atom. The van der Waals surface area contributed by atoms with E-state index in [1.54, 1.807) is 18.2 Å². The number of hydrogen-bond acceptors (Lipinski definition) is 3. The molecule has 1 aliphatic carbocycles. The number of benzene rings is 1. The second-order valence-electron chi connectivity index (χ2n) is 3.76. The molecule has 1 fully saturated rings. The van der Waals surface area contributed by atoms with Crippen LogP contribution in [0.1, 0.15) is 33.6 Å². The van der Waals surface area contributed by atoms with Crippen molar-refractivity contribution in [1.82, 2.24) is 5.32 Å². The predicted octanol–water partition coefficient (Wildman–Crippen LogP) is 1.40. The van der Waals surface area contributed by atoms with Crippen molar-refractivity contribution in [3.05, 3.63) is 29.3 Å². The summed E-state index contributed by atoms with van der Waals surface area (Å²) in [6, 6.07) is 4.94. The maximum atomic E-state index is 11.4. The summed E-state index contributed by atoms with van der Waals surface area (Å²) >= 11 is 0. The number of hydrogen-bond donors (Lipinski definition) is 1. The quantitative estimate of drug-likeness (QED) is 0.779. The fourth-order valence-corrected chi connectivity index (χ4v) is 1.43. The second kappa shape index (κ2) is 4.35. The molecule has 1 aliphatic rings. The van der Waals surface area contributed by atoms with Crippen molar-refractivity contribution in [1.29, 1.82) is 0 Å². The zero-order valence-corrected chi connectivity index (χ0v) is 9.03. The van der Waals surface area contributed by atoms with Gasteiger partial charge in [-0.1, -0.05) is 0 Å². The highest BCUT2D eigenvalue weighted by molar-refractivity contribution is 6.01. The molecule has 0 unspecified atom stereocenters. The molecular formula is C12H13NO3. The van der Waals surface area contributed by atoms with Crippen LogP contribution in [0.4, 0.5) is 0 Å². The zero-order chi connectivity index (χ0) is 11.5. The number of nitrogens with one attached hydrogen (secondary N) is 1. The molecule has 16 heavy (non-hydrogen) atoms. The van der Waals surface area contributed by atoms with E-state index in [-0.39, 0.29) is 12.0 Å². The first-order chi connectivity index (χ1) is 7.74. The zero-order valence-electron chi connectivity index (χ0n) is 9.03. The highest BCUT2D eigenvalue weighted by atomic mass is 16.5. The molecule has 1 saturated carbocycles. The van der Waals surface area contributed by atoms with E-state index in [1.165, 1.54) is 7.05 Å². The minimum absolute atomic E-state index is 0.264. The van der Waals surface area contributed by atoms with Crippen molar-refractivity contribution in [3.63, 3.8) is 0 Å². The maximum absolute atomic E-state index is 11.4. The lowest BCUT2D eigenvalue weighted by Crippen LogP contribution is -2.19. The van der Waals surface area contributed by atoms with Crippen molar-refractivity contribution < 1.29 is 14.3 Å². The van der Waals surface area contributed by atoms with Gasteiger partial charge in [-0.25, -0.2) is 0 Å². The van der Waals surface area contributed by atoms with E-state index in [0.717, 1.165) is 12.8 Å². The highest BCUT2D eigenvalue weighted by Crippen LogP contribution is 2.27. The summed E-state index contributed by atoms with van der Waals surface area (Å²) in [6.07, 6.45) is 3.08. The number of amides is 1. The molecule has 1 aromatic rings. The minimum atomic E-state index is -0.264. The minimum Gasteiger partial charge on any atom is -0.490 e. The van der Waals surface area contributed by atoms with Gasteiger partial charge in [-0.05, 0) is 31.0 Å². The van der Waals surface area contributed by atoms with Crippen LogP contribution in [0.5, 0.6) is 5.75 Å². The summed E-state index contributed by atoms with van der Waals surface area (Å²) in [5.74, 6) is 0.386. The molecular weight excluding hydrogens is 206 g/mol. The highest BCUT2D eigenvalue weighted by Gasteiger charge is 2.23. The Balaban J connectivity index is 2.26. The molecule has 1 aromatic carbocycles.